The number of amides is 2. The van der Waals surface area contributed by atoms with Gasteiger partial charge in [0.25, 0.3) is 0 Å². The Morgan fingerprint density at radius 2 is 1.68 bits per heavy atom. The molecule has 0 saturated heterocycles. The van der Waals surface area contributed by atoms with Crippen molar-refractivity contribution in [1.82, 2.24) is 10.6 Å². The summed E-state index contributed by atoms with van der Waals surface area (Å²) in [4.78, 5) is 49.2. The minimum Gasteiger partial charge on any atom is -0.481 e. The molecule has 0 unspecified atom stereocenters. The van der Waals surface area contributed by atoms with Crippen LogP contribution in [0.25, 0.3) is 0 Å². The summed E-state index contributed by atoms with van der Waals surface area (Å²) >= 11 is 0. The lowest BCUT2D eigenvalue weighted by Gasteiger charge is -2.20. The van der Waals surface area contributed by atoms with Crippen molar-refractivity contribution < 1.29 is 29.4 Å². The van der Waals surface area contributed by atoms with Crippen LogP contribution in [0.1, 0.15) is 26.2 Å². The molecule has 0 radical (unpaired) electrons. The molecule has 0 aliphatic heterocycles. The molecule has 0 heterocycles. The number of guanidine groups is 1. The number of carbonyl (C=O) groups is 4. The van der Waals surface area contributed by atoms with Crippen molar-refractivity contribution in [3.05, 3.63) is 0 Å². The van der Waals surface area contributed by atoms with Gasteiger partial charge in [0.1, 0.15) is 12.1 Å². The van der Waals surface area contributed by atoms with Crippen molar-refractivity contribution >= 4 is 29.7 Å². The van der Waals surface area contributed by atoms with E-state index in [1.807, 2.05) is 0 Å². The van der Waals surface area contributed by atoms with E-state index in [2.05, 4.69) is 15.6 Å². The normalized spacial score (nSPS) is 13.8. The van der Waals surface area contributed by atoms with E-state index < -0.39 is 48.3 Å². The molecule has 0 rings (SSSR count). The molecule has 3 atom stereocenters. The third kappa shape index (κ3) is 9.76. The number of rotatable bonds is 11. The zero-order chi connectivity index (χ0) is 19.6. The molecule has 142 valence electrons. The molecular formula is C13H24N6O6. The predicted molar refractivity (Wildman–Crippen MR) is 87.3 cm³/mol. The molecule has 25 heavy (non-hydrogen) atoms. The monoisotopic (exact) mass is 360 g/mol. The standard InChI is InChI=1S/C13H24N6O6/c1-6(12(24)25)18-11(23)8(5-9(20)21)19-10(22)7(14)3-2-4-17-13(15)16/h6-8H,2-5,14H2,1H3,(H,18,23)(H,19,22)(H,20,21)(H,24,25)(H4,15,16,17)/t6-,7-,8-/m0/s1. The Labute approximate surface area is 143 Å². The maximum absolute atomic E-state index is 12.0. The molecule has 0 saturated carbocycles. The molecule has 10 N–H and O–H groups in total. The number of carbonyl (C=O) groups excluding carboxylic acids is 2. The van der Waals surface area contributed by atoms with Crippen LogP contribution in [0.15, 0.2) is 4.99 Å². The van der Waals surface area contributed by atoms with Crippen molar-refractivity contribution in [1.29, 1.82) is 0 Å². The van der Waals surface area contributed by atoms with Gasteiger partial charge in [0, 0.05) is 6.54 Å². The minimum atomic E-state index is -1.45. The van der Waals surface area contributed by atoms with Gasteiger partial charge in [-0.05, 0) is 19.8 Å². The van der Waals surface area contributed by atoms with Crippen LogP contribution < -0.4 is 27.8 Å². The lowest BCUT2D eigenvalue weighted by Crippen LogP contribution is -2.54. The van der Waals surface area contributed by atoms with E-state index >= 15 is 0 Å². The molecule has 0 fully saturated rings. The lowest BCUT2D eigenvalue weighted by atomic mass is 10.1. The summed E-state index contributed by atoms with van der Waals surface area (Å²) in [6.07, 6.45) is -0.113. The van der Waals surface area contributed by atoms with E-state index in [1.165, 1.54) is 6.92 Å². The number of carboxylic acid groups (broad SMARTS) is 2. The summed E-state index contributed by atoms with van der Waals surface area (Å²) in [7, 11) is 0. The molecule has 12 nitrogen and oxygen atoms in total. The van der Waals surface area contributed by atoms with E-state index in [9.17, 15) is 19.2 Å². The molecule has 0 bridgehead atoms. The zero-order valence-corrected chi connectivity index (χ0v) is 13.8. The minimum absolute atomic E-state index is 0.0937. The molecule has 0 aromatic rings. The van der Waals surface area contributed by atoms with Gasteiger partial charge in [-0.15, -0.1) is 0 Å². The van der Waals surface area contributed by atoms with E-state index in [0.29, 0.717) is 6.42 Å². The third-order valence-corrected chi connectivity index (χ3v) is 3.05. The summed E-state index contributed by atoms with van der Waals surface area (Å²) in [5.41, 5.74) is 16.0. The van der Waals surface area contributed by atoms with Gasteiger partial charge in [0.2, 0.25) is 11.8 Å². The highest BCUT2D eigenvalue weighted by Gasteiger charge is 2.27. The summed E-state index contributed by atoms with van der Waals surface area (Å²) in [5.74, 6) is -4.41. The summed E-state index contributed by atoms with van der Waals surface area (Å²) in [6.45, 7) is 1.47. The number of nitrogens with zero attached hydrogens (tertiary/aromatic N) is 1. The van der Waals surface area contributed by atoms with Crippen LogP contribution in [-0.2, 0) is 19.2 Å². The van der Waals surface area contributed by atoms with Gasteiger partial charge in [-0.1, -0.05) is 0 Å². The second kappa shape index (κ2) is 10.8. The van der Waals surface area contributed by atoms with Crippen molar-refractivity contribution in [2.45, 2.75) is 44.3 Å². The quantitative estimate of drug-likeness (QED) is 0.112. The Morgan fingerprint density at radius 3 is 2.16 bits per heavy atom. The van der Waals surface area contributed by atoms with Crippen LogP contribution in [-0.4, -0.2) is 64.6 Å². The molecule has 0 aromatic carbocycles. The number of nitrogens with one attached hydrogen (secondary N) is 2. The fourth-order valence-electron chi connectivity index (χ4n) is 1.69. The van der Waals surface area contributed by atoms with Crippen molar-refractivity contribution in [3.63, 3.8) is 0 Å². The van der Waals surface area contributed by atoms with Crippen LogP contribution >= 0.6 is 0 Å². The maximum atomic E-state index is 12.0. The fourth-order valence-corrected chi connectivity index (χ4v) is 1.69. The largest absolute Gasteiger partial charge is 0.481 e. The molecular weight excluding hydrogens is 336 g/mol. The second-order valence-corrected chi connectivity index (χ2v) is 5.28. The molecule has 0 aliphatic carbocycles. The predicted octanol–water partition coefficient (Wildman–Crippen LogP) is -3.08. The van der Waals surface area contributed by atoms with Gasteiger partial charge in [-0.25, -0.2) is 0 Å². The van der Waals surface area contributed by atoms with Gasteiger partial charge in [-0.3, -0.25) is 24.2 Å². The van der Waals surface area contributed by atoms with Crippen LogP contribution in [0.4, 0.5) is 0 Å². The van der Waals surface area contributed by atoms with Crippen molar-refractivity contribution in [2.24, 2.45) is 22.2 Å². The van der Waals surface area contributed by atoms with Crippen molar-refractivity contribution in [2.75, 3.05) is 6.54 Å². The first-order valence-electron chi connectivity index (χ1n) is 7.41. The van der Waals surface area contributed by atoms with Gasteiger partial charge >= 0.3 is 11.9 Å². The van der Waals surface area contributed by atoms with E-state index in [1.54, 1.807) is 0 Å². The van der Waals surface area contributed by atoms with Gasteiger partial charge in [0.15, 0.2) is 5.96 Å². The maximum Gasteiger partial charge on any atom is 0.325 e. The Morgan fingerprint density at radius 1 is 1.08 bits per heavy atom. The Balaban J connectivity index is 4.70. The number of aliphatic carboxylic acids is 2. The second-order valence-electron chi connectivity index (χ2n) is 5.28. The highest BCUT2D eigenvalue weighted by Crippen LogP contribution is 2.00. The van der Waals surface area contributed by atoms with Gasteiger partial charge < -0.3 is 38.0 Å². The Bertz CT molecular complexity index is 533. The van der Waals surface area contributed by atoms with Crippen LogP contribution in [0.5, 0.6) is 0 Å². The topological polar surface area (TPSA) is 223 Å². The number of carboxylic acids is 2. The number of hydrogen-bond donors (Lipinski definition) is 7. The average Bonchev–Trinajstić information content (AvgIpc) is 2.49. The highest BCUT2D eigenvalue weighted by atomic mass is 16.4. The number of nitrogens with two attached hydrogens (primary N) is 3. The summed E-state index contributed by atoms with van der Waals surface area (Å²) < 4.78 is 0. The van der Waals surface area contributed by atoms with Crippen LogP contribution in [0.2, 0.25) is 0 Å². The average molecular weight is 360 g/mol. The summed E-state index contributed by atoms with van der Waals surface area (Å²) in [6, 6.07) is -3.69. The van der Waals surface area contributed by atoms with Gasteiger partial charge in [0.05, 0.1) is 12.5 Å². The van der Waals surface area contributed by atoms with E-state index in [0.717, 1.165) is 0 Å². The first-order valence-corrected chi connectivity index (χ1v) is 7.41. The van der Waals surface area contributed by atoms with Crippen LogP contribution in [0, 0.1) is 0 Å². The molecule has 2 amide bonds. The Hall–Kier alpha value is -2.89. The first-order chi connectivity index (χ1) is 11.5. The van der Waals surface area contributed by atoms with E-state index in [-0.39, 0.29) is 18.9 Å². The SMILES string of the molecule is C[C@H](NC(=O)[C@H](CC(=O)O)NC(=O)[C@@H](N)CCCN=C(N)N)C(=O)O. The highest BCUT2D eigenvalue weighted by molar-refractivity contribution is 5.93. The molecule has 0 spiro atoms. The van der Waals surface area contributed by atoms with Crippen LogP contribution in [0.3, 0.4) is 0 Å². The molecule has 0 aliphatic rings. The third-order valence-electron chi connectivity index (χ3n) is 3.05. The summed E-state index contributed by atoms with van der Waals surface area (Å²) in [5, 5.41) is 21.9. The lowest BCUT2D eigenvalue weighted by molar-refractivity contribution is -0.143. The zero-order valence-electron chi connectivity index (χ0n) is 13.8. The van der Waals surface area contributed by atoms with Gasteiger partial charge in [-0.2, -0.15) is 0 Å². The number of aliphatic imine (C=N–C) groups is 1. The molecule has 12 heteroatoms. The Kier molecular flexibility index (Phi) is 9.56. The first kappa shape index (κ1) is 22.1. The smallest absolute Gasteiger partial charge is 0.325 e. The fraction of sp³-hybridized carbons (Fsp3) is 0.615. The number of hydrogen-bond acceptors (Lipinski definition) is 6. The van der Waals surface area contributed by atoms with E-state index in [4.69, 9.17) is 27.4 Å². The van der Waals surface area contributed by atoms with Crippen molar-refractivity contribution in [3.8, 4) is 0 Å². The molecule has 0 aromatic heterocycles.